The standard InChI is InChI=1S/C10H15N3O/c11-10(3-4-10)9(14)12-5-8-13-6-1-2-7-13/h1-2,6-7H,3-5,8,11H2,(H,12,14). The lowest BCUT2D eigenvalue weighted by Gasteiger charge is -2.10. The molecule has 4 nitrogen and oxygen atoms in total. The Morgan fingerprint density at radius 3 is 2.64 bits per heavy atom. The van der Waals surface area contributed by atoms with Gasteiger partial charge in [-0.2, -0.15) is 0 Å². The Labute approximate surface area is 83.1 Å². The summed E-state index contributed by atoms with van der Waals surface area (Å²) < 4.78 is 2.02. The molecule has 1 aromatic heterocycles. The van der Waals surface area contributed by atoms with Gasteiger partial charge in [-0.1, -0.05) is 0 Å². The Morgan fingerprint density at radius 2 is 2.07 bits per heavy atom. The molecule has 1 saturated carbocycles. The van der Waals surface area contributed by atoms with Crippen LogP contribution in [0.25, 0.3) is 0 Å². The molecule has 0 atom stereocenters. The van der Waals surface area contributed by atoms with Gasteiger partial charge in [0.05, 0.1) is 5.54 Å². The molecule has 0 saturated heterocycles. The van der Waals surface area contributed by atoms with Crippen molar-refractivity contribution in [3.8, 4) is 0 Å². The van der Waals surface area contributed by atoms with Crippen LogP contribution in [0.2, 0.25) is 0 Å². The summed E-state index contributed by atoms with van der Waals surface area (Å²) in [6.45, 7) is 1.45. The van der Waals surface area contributed by atoms with E-state index in [0.29, 0.717) is 6.54 Å². The molecule has 1 amide bonds. The molecule has 3 N–H and O–H groups in total. The van der Waals surface area contributed by atoms with Gasteiger partial charge < -0.3 is 15.6 Å². The van der Waals surface area contributed by atoms with E-state index in [1.54, 1.807) is 0 Å². The maximum atomic E-state index is 11.4. The second kappa shape index (κ2) is 3.46. The highest BCUT2D eigenvalue weighted by molar-refractivity contribution is 5.88. The molecular formula is C10H15N3O. The van der Waals surface area contributed by atoms with E-state index < -0.39 is 5.54 Å². The maximum absolute atomic E-state index is 11.4. The Kier molecular flexibility index (Phi) is 2.29. The summed E-state index contributed by atoms with van der Waals surface area (Å²) in [5.74, 6) is -0.00958. The van der Waals surface area contributed by atoms with E-state index in [1.807, 2.05) is 29.1 Å². The lowest BCUT2D eigenvalue weighted by Crippen LogP contribution is -2.43. The second-order valence-electron chi connectivity index (χ2n) is 3.83. The van der Waals surface area contributed by atoms with Crippen LogP contribution in [-0.4, -0.2) is 22.6 Å². The molecule has 1 aliphatic rings. The zero-order chi connectivity index (χ0) is 10.0. The summed E-state index contributed by atoms with van der Waals surface area (Å²) in [7, 11) is 0. The van der Waals surface area contributed by atoms with Crippen molar-refractivity contribution in [2.24, 2.45) is 5.73 Å². The van der Waals surface area contributed by atoms with Crippen molar-refractivity contribution in [2.45, 2.75) is 24.9 Å². The number of hydrogen-bond acceptors (Lipinski definition) is 2. The van der Waals surface area contributed by atoms with Gasteiger partial charge in [0.25, 0.3) is 0 Å². The number of nitrogens with zero attached hydrogens (tertiary/aromatic N) is 1. The molecule has 2 rings (SSSR count). The first-order valence-corrected chi connectivity index (χ1v) is 4.89. The van der Waals surface area contributed by atoms with Gasteiger partial charge in [-0.3, -0.25) is 4.79 Å². The summed E-state index contributed by atoms with van der Waals surface area (Å²) in [5, 5.41) is 2.84. The number of carbonyl (C=O) groups is 1. The monoisotopic (exact) mass is 193 g/mol. The normalized spacial score (nSPS) is 17.8. The summed E-state index contributed by atoms with van der Waals surface area (Å²) in [6.07, 6.45) is 5.59. The molecule has 76 valence electrons. The van der Waals surface area contributed by atoms with Crippen molar-refractivity contribution < 1.29 is 4.79 Å². The van der Waals surface area contributed by atoms with Crippen LogP contribution in [0.4, 0.5) is 0 Å². The Bertz CT molecular complexity index is 314. The van der Waals surface area contributed by atoms with Crippen molar-refractivity contribution in [1.82, 2.24) is 9.88 Å². The highest BCUT2D eigenvalue weighted by Gasteiger charge is 2.45. The number of rotatable bonds is 4. The number of amides is 1. The Balaban J connectivity index is 1.71. The van der Waals surface area contributed by atoms with Crippen LogP contribution in [0, 0.1) is 0 Å². The van der Waals surface area contributed by atoms with Gasteiger partial charge >= 0.3 is 0 Å². The van der Waals surface area contributed by atoms with Crippen molar-refractivity contribution >= 4 is 5.91 Å². The van der Waals surface area contributed by atoms with E-state index in [-0.39, 0.29) is 5.91 Å². The summed E-state index contributed by atoms with van der Waals surface area (Å²) in [6, 6.07) is 3.93. The van der Waals surface area contributed by atoms with Crippen LogP contribution in [0.3, 0.4) is 0 Å². The van der Waals surface area contributed by atoms with E-state index in [0.717, 1.165) is 19.4 Å². The first kappa shape index (κ1) is 9.27. The van der Waals surface area contributed by atoms with Gasteiger partial charge in [-0.05, 0) is 25.0 Å². The number of hydrogen-bond donors (Lipinski definition) is 2. The molecule has 0 unspecified atom stereocenters. The quantitative estimate of drug-likeness (QED) is 0.712. The number of nitrogens with one attached hydrogen (secondary N) is 1. The summed E-state index contributed by atoms with van der Waals surface area (Å²) in [5.41, 5.74) is 5.19. The molecule has 0 aliphatic heterocycles. The van der Waals surface area contributed by atoms with Crippen molar-refractivity contribution in [1.29, 1.82) is 0 Å². The predicted molar refractivity (Wildman–Crippen MR) is 53.6 cm³/mol. The SMILES string of the molecule is NC1(C(=O)NCCn2cccc2)CC1. The fourth-order valence-electron chi connectivity index (χ4n) is 1.36. The first-order chi connectivity index (χ1) is 6.71. The number of carbonyl (C=O) groups excluding carboxylic acids is 1. The van der Waals surface area contributed by atoms with Crippen molar-refractivity contribution in [3.05, 3.63) is 24.5 Å². The molecular weight excluding hydrogens is 178 g/mol. The number of nitrogens with two attached hydrogens (primary N) is 1. The van der Waals surface area contributed by atoms with Crippen LogP contribution in [-0.2, 0) is 11.3 Å². The third-order valence-electron chi connectivity index (χ3n) is 2.56. The molecule has 1 fully saturated rings. The third kappa shape index (κ3) is 1.96. The van der Waals surface area contributed by atoms with Gasteiger partial charge in [0.2, 0.25) is 5.91 Å². The molecule has 0 aromatic carbocycles. The summed E-state index contributed by atoms with van der Waals surface area (Å²) in [4.78, 5) is 11.4. The Hall–Kier alpha value is -1.29. The smallest absolute Gasteiger partial charge is 0.240 e. The van der Waals surface area contributed by atoms with E-state index in [9.17, 15) is 4.79 Å². The van der Waals surface area contributed by atoms with Gasteiger partial charge in [0.15, 0.2) is 0 Å². The van der Waals surface area contributed by atoms with Gasteiger partial charge in [0.1, 0.15) is 0 Å². The van der Waals surface area contributed by atoms with Crippen LogP contribution in [0.1, 0.15) is 12.8 Å². The molecule has 0 bridgehead atoms. The zero-order valence-corrected chi connectivity index (χ0v) is 8.07. The first-order valence-electron chi connectivity index (χ1n) is 4.89. The summed E-state index contributed by atoms with van der Waals surface area (Å²) >= 11 is 0. The maximum Gasteiger partial charge on any atom is 0.240 e. The average Bonchev–Trinajstić information content (AvgIpc) is 2.73. The van der Waals surface area contributed by atoms with Gasteiger partial charge in [0, 0.05) is 25.5 Å². The highest BCUT2D eigenvalue weighted by atomic mass is 16.2. The molecule has 1 heterocycles. The van der Waals surface area contributed by atoms with Crippen LogP contribution >= 0.6 is 0 Å². The van der Waals surface area contributed by atoms with E-state index >= 15 is 0 Å². The predicted octanol–water partition coefficient (Wildman–Crippen LogP) is 0.0956. The lowest BCUT2D eigenvalue weighted by atomic mass is 10.3. The topological polar surface area (TPSA) is 60.1 Å². The average molecular weight is 193 g/mol. The van der Waals surface area contributed by atoms with Crippen molar-refractivity contribution in [3.63, 3.8) is 0 Å². The number of aromatic nitrogens is 1. The third-order valence-corrected chi connectivity index (χ3v) is 2.56. The van der Waals surface area contributed by atoms with Crippen LogP contribution in [0.15, 0.2) is 24.5 Å². The van der Waals surface area contributed by atoms with E-state index in [4.69, 9.17) is 5.73 Å². The van der Waals surface area contributed by atoms with Gasteiger partial charge in [-0.25, -0.2) is 0 Å². The van der Waals surface area contributed by atoms with Crippen molar-refractivity contribution in [2.75, 3.05) is 6.54 Å². The minimum Gasteiger partial charge on any atom is -0.353 e. The lowest BCUT2D eigenvalue weighted by molar-refractivity contribution is -0.123. The van der Waals surface area contributed by atoms with Crippen LogP contribution in [0.5, 0.6) is 0 Å². The molecule has 1 aliphatic carbocycles. The second-order valence-corrected chi connectivity index (χ2v) is 3.83. The zero-order valence-electron chi connectivity index (χ0n) is 8.07. The fourth-order valence-corrected chi connectivity index (χ4v) is 1.36. The Morgan fingerprint density at radius 1 is 1.43 bits per heavy atom. The van der Waals surface area contributed by atoms with Gasteiger partial charge in [-0.15, -0.1) is 0 Å². The molecule has 0 spiro atoms. The fraction of sp³-hybridized carbons (Fsp3) is 0.500. The van der Waals surface area contributed by atoms with E-state index in [1.165, 1.54) is 0 Å². The highest BCUT2D eigenvalue weighted by Crippen LogP contribution is 2.31. The molecule has 1 aromatic rings. The van der Waals surface area contributed by atoms with E-state index in [2.05, 4.69) is 5.32 Å². The van der Waals surface area contributed by atoms with Crippen LogP contribution < -0.4 is 11.1 Å². The minimum atomic E-state index is -0.545. The molecule has 14 heavy (non-hydrogen) atoms. The largest absolute Gasteiger partial charge is 0.353 e. The minimum absolute atomic E-state index is 0.00958. The molecule has 4 heteroatoms. The molecule has 0 radical (unpaired) electrons.